The van der Waals surface area contributed by atoms with E-state index in [9.17, 15) is 4.79 Å². The first kappa shape index (κ1) is 17.2. The van der Waals surface area contributed by atoms with Gasteiger partial charge in [0.15, 0.2) is 5.13 Å². The number of carbonyl (C=O) groups is 1. The molecule has 6 heteroatoms. The average molecular weight is 375 g/mol. The number of rotatable bonds is 6. The molecule has 1 aromatic carbocycles. The highest BCUT2D eigenvalue weighted by Crippen LogP contribution is 2.28. The number of thioether (sulfide) groups is 1. The Hall–Kier alpha value is -1.63. The molecule has 0 aliphatic rings. The molecular weight excluding hydrogens is 356 g/mol. The van der Waals surface area contributed by atoms with E-state index in [-0.39, 0.29) is 5.91 Å². The molecule has 0 spiro atoms. The van der Waals surface area contributed by atoms with Gasteiger partial charge in [0.25, 0.3) is 5.91 Å². The fourth-order valence-corrected chi connectivity index (χ4v) is 4.72. The van der Waals surface area contributed by atoms with E-state index in [1.54, 1.807) is 23.1 Å². The maximum atomic E-state index is 12.6. The molecule has 24 heavy (non-hydrogen) atoms. The second kappa shape index (κ2) is 7.96. The minimum atomic E-state index is -0.104. The Kier molecular flexibility index (Phi) is 5.71. The number of carbonyl (C=O) groups excluding carboxylic acids is 1. The van der Waals surface area contributed by atoms with Crippen molar-refractivity contribution in [2.24, 2.45) is 0 Å². The van der Waals surface area contributed by atoms with Gasteiger partial charge >= 0.3 is 0 Å². The summed E-state index contributed by atoms with van der Waals surface area (Å²) < 4.78 is 0. The summed E-state index contributed by atoms with van der Waals surface area (Å²) in [5, 5.41) is 9.79. The van der Waals surface area contributed by atoms with Gasteiger partial charge in [0, 0.05) is 16.0 Å². The third-order valence-corrected chi connectivity index (χ3v) is 6.09. The molecule has 3 aromatic rings. The predicted octanol–water partition coefficient (Wildman–Crippen LogP) is 5.87. The summed E-state index contributed by atoms with van der Waals surface area (Å²) >= 11 is 4.84. The number of nitrogens with zero attached hydrogens (tertiary/aromatic N) is 1. The van der Waals surface area contributed by atoms with Crippen molar-refractivity contribution in [1.82, 2.24) is 4.98 Å². The first-order valence-corrected chi connectivity index (χ1v) is 10.4. The maximum Gasteiger partial charge on any atom is 0.258 e. The van der Waals surface area contributed by atoms with Crippen molar-refractivity contribution < 1.29 is 4.79 Å². The Morgan fingerprint density at radius 1 is 1.25 bits per heavy atom. The molecule has 1 N–H and O–H groups in total. The lowest BCUT2D eigenvalue weighted by Gasteiger charge is -2.08. The Balaban J connectivity index is 1.71. The predicted molar refractivity (Wildman–Crippen MR) is 104 cm³/mol. The number of hydrogen-bond acceptors (Lipinski definition) is 5. The summed E-state index contributed by atoms with van der Waals surface area (Å²) in [7, 11) is 0. The summed E-state index contributed by atoms with van der Waals surface area (Å²) in [6, 6.07) is 9.83. The molecule has 0 bridgehead atoms. The van der Waals surface area contributed by atoms with Crippen LogP contribution in [-0.4, -0.2) is 10.9 Å². The van der Waals surface area contributed by atoms with Crippen molar-refractivity contribution >= 4 is 45.5 Å². The van der Waals surface area contributed by atoms with E-state index >= 15 is 0 Å². The maximum absolute atomic E-state index is 12.6. The van der Waals surface area contributed by atoms with Gasteiger partial charge in [-0.1, -0.05) is 26.0 Å². The third-order valence-electron chi connectivity index (χ3n) is 3.44. The molecule has 3 rings (SSSR count). The van der Waals surface area contributed by atoms with Gasteiger partial charge < -0.3 is 0 Å². The van der Waals surface area contributed by atoms with Crippen LogP contribution in [-0.2, 0) is 5.75 Å². The third kappa shape index (κ3) is 4.26. The molecule has 0 unspecified atom stereocenters. The molecule has 124 valence electrons. The van der Waals surface area contributed by atoms with Crippen LogP contribution in [0.15, 0.2) is 51.4 Å². The number of anilines is 1. The lowest BCUT2D eigenvalue weighted by Crippen LogP contribution is -2.13. The van der Waals surface area contributed by atoms with Gasteiger partial charge in [-0.2, -0.15) is 11.3 Å². The SMILES string of the molecule is CC(C)c1csc(NC(=O)c2ccccc2SCc2ccsc2)n1. The van der Waals surface area contributed by atoms with Gasteiger partial charge in [0.05, 0.1) is 11.3 Å². The molecule has 2 heterocycles. The van der Waals surface area contributed by atoms with E-state index in [1.807, 2.05) is 29.6 Å². The number of thiophene rings is 1. The number of benzene rings is 1. The van der Waals surface area contributed by atoms with Crippen LogP contribution in [0, 0.1) is 0 Å². The summed E-state index contributed by atoms with van der Waals surface area (Å²) in [6.07, 6.45) is 0. The van der Waals surface area contributed by atoms with Crippen molar-refractivity contribution in [1.29, 1.82) is 0 Å². The zero-order chi connectivity index (χ0) is 16.9. The van der Waals surface area contributed by atoms with Crippen molar-refractivity contribution in [3.63, 3.8) is 0 Å². The number of aromatic nitrogens is 1. The topological polar surface area (TPSA) is 42.0 Å². The van der Waals surface area contributed by atoms with Crippen LogP contribution in [0.3, 0.4) is 0 Å². The monoisotopic (exact) mass is 374 g/mol. The molecule has 2 aromatic heterocycles. The van der Waals surface area contributed by atoms with E-state index in [0.29, 0.717) is 16.6 Å². The van der Waals surface area contributed by atoms with Gasteiger partial charge in [0.2, 0.25) is 0 Å². The van der Waals surface area contributed by atoms with E-state index < -0.39 is 0 Å². The first-order chi connectivity index (χ1) is 11.6. The second-order valence-electron chi connectivity index (χ2n) is 5.60. The Bertz CT molecular complexity index is 809. The van der Waals surface area contributed by atoms with Crippen molar-refractivity contribution in [2.75, 3.05) is 5.32 Å². The Morgan fingerprint density at radius 3 is 2.79 bits per heavy atom. The Morgan fingerprint density at radius 2 is 2.08 bits per heavy atom. The minimum absolute atomic E-state index is 0.104. The van der Waals surface area contributed by atoms with Crippen LogP contribution in [0.1, 0.15) is 41.4 Å². The van der Waals surface area contributed by atoms with Gasteiger partial charge in [0.1, 0.15) is 0 Å². The fraction of sp³-hybridized carbons (Fsp3) is 0.222. The van der Waals surface area contributed by atoms with Gasteiger partial charge in [-0.05, 0) is 40.4 Å². The highest BCUT2D eigenvalue weighted by molar-refractivity contribution is 7.98. The quantitative estimate of drug-likeness (QED) is 0.548. The van der Waals surface area contributed by atoms with E-state index in [0.717, 1.165) is 16.3 Å². The van der Waals surface area contributed by atoms with Crippen molar-refractivity contribution in [2.45, 2.75) is 30.4 Å². The molecule has 0 atom stereocenters. The molecule has 0 aliphatic heterocycles. The van der Waals surface area contributed by atoms with E-state index in [2.05, 4.69) is 41.0 Å². The molecule has 1 amide bonds. The average Bonchev–Trinajstić information content (AvgIpc) is 3.25. The van der Waals surface area contributed by atoms with Crippen molar-refractivity contribution in [3.8, 4) is 0 Å². The molecule has 3 nitrogen and oxygen atoms in total. The summed E-state index contributed by atoms with van der Waals surface area (Å²) in [5.41, 5.74) is 2.98. The Labute approximate surface area is 154 Å². The van der Waals surface area contributed by atoms with Crippen LogP contribution >= 0.6 is 34.4 Å². The standard InChI is InChI=1S/C18H18N2OS3/c1-12(2)15-11-24-18(19-15)20-17(21)14-5-3-4-6-16(14)23-10-13-7-8-22-9-13/h3-9,11-12H,10H2,1-2H3,(H,19,20,21). The van der Waals surface area contributed by atoms with Gasteiger partial charge in [-0.15, -0.1) is 23.1 Å². The lowest BCUT2D eigenvalue weighted by atomic mass is 10.2. The van der Waals surface area contributed by atoms with Crippen LogP contribution in [0.25, 0.3) is 0 Å². The van der Waals surface area contributed by atoms with Gasteiger partial charge in [-0.3, -0.25) is 10.1 Å². The van der Waals surface area contributed by atoms with Gasteiger partial charge in [-0.25, -0.2) is 4.98 Å². The highest BCUT2D eigenvalue weighted by atomic mass is 32.2. The second-order valence-corrected chi connectivity index (χ2v) is 8.26. The molecule has 0 aliphatic carbocycles. The zero-order valence-electron chi connectivity index (χ0n) is 13.5. The number of hydrogen-bond donors (Lipinski definition) is 1. The van der Waals surface area contributed by atoms with Crippen LogP contribution < -0.4 is 5.32 Å². The summed E-state index contributed by atoms with van der Waals surface area (Å²) in [6.45, 7) is 4.19. The molecule has 0 saturated carbocycles. The number of amides is 1. The van der Waals surface area contributed by atoms with Crippen molar-refractivity contribution in [3.05, 3.63) is 63.3 Å². The van der Waals surface area contributed by atoms with Crippen LogP contribution in [0.2, 0.25) is 0 Å². The van der Waals surface area contributed by atoms with E-state index in [1.165, 1.54) is 16.9 Å². The first-order valence-electron chi connectivity index (χ1n) is 7.63. The molecular formula is C18H18N2OS3. The fourth-order valence-electron chi connectivity index (χ4n) is 2.09. The lowest BCUT2D eigenvalue weighted by molar-refractivity contribution is 0.102. The molecule has 0 radical (unpaired) electrons. The molecule has 0 saturated heterocycles. The minimum Gasteiger partial charge on any atom is -0.298 e. The molecule has 0 fully saturated rings. The van der Waals surface area contributed by atoms with E-state index in [4.69, 9.17) is 0 Å². The number of nitrogens with one attached hydrogen (secondary N) is 1. The normalized spacial score (nSPS) is 11.0. The zero-order valence-corrected chi connectivity index (χ0v) is 15.9. The summed E-state index contributed by atoms with van der Waals surface area (Å²) in [5.74, 6) is 1.12. The highest BCUT2D eigenvalue weighted by Gasteiger charge is 2.14. The largest absolute Gasteiger partial charge is 0.298 e. The van der Waals surface area contributed by atoms with Crippen LogP contribution in [0.5, 0.6) is 0 Å². The number of thiazole rings is 1. The summed E-state index contributed by atoms with van der Waals surface area (Å²) in [4.78, 5) is 18.1. The smallest absolute Gasteiger partial charge is 0.258 e. The van der Waals surface area contributed by atoms with Crippen LogP contribution in [0.4, 0.5) is 5.13 Å².